The predicted molar refractivity (Wildman–Crippen MR) is 129 cm³/mol. The molecule has 34 heavy (non-hydrogen) atoms. The Morgan fingerprint density at radius 3 is 2.41 bits per heavy atom. The number of carbonyl (C=O) groups excluding carboxylic acids is 1. The predicted octanol–water partition coefficient (Wildman–Crippen LogP) is 3.19. The van der Waals surface area contributed by atoms with Crippen molar-refractivity contribution in [1.82, 2.24) is 24.9 Å². The van der Waals surface area contributed by atoms with E-state index in [1.165, 1.54) is 4.68 Å². The van der Waals surface area contributed by atoms with Crippen molar-refractivity contribution in [2.24, 2.45) is 0 Å². The Balaban J connectivity index is 1.57. The Hall–Kier alpha value is -3.85. The summed E-state index contributed by atoms with van der Waals surface area (Å²) >= 11 is 5.99. The van der Waals surface area contributed by atoms with Crippen LogP contribution in [-0.2, 0) is 17.9 Å². The quantitative estimate of drug-likeness (QED) is 0.435. The summed E-state index contributed by atoms with van der Waals surface area (Å²) in [5.74, 6) is 0.832. The molecule has 0 spiro atoms. The van der Waals surface area contributed by atoms with E-state index in [-0.39, 0.29) is 24.6 Å². The number of hydrogen-bond acceptors (Lipinski definition) is 6. The topological polar surface area (TPSA) is 100 Å². The van der Waals surface area contributed by atoms with Crippen molar-refractivity contribution in [3.8, 4) is 17.2 Å². The Labute approximate surface area is 200 Å². The molecule has 0 aliphatic heterocycles. The molecule has 0 radical (unpaired) electrons. The van der Waals surface area contributed by atoms with Gasteiger partial charge in [-0.05, 0) is 55.8 Å². The van der Waals surface area contributed by atoms with Crippen LogP contribution in [0.2, 0.25) is 5.02 Å². The van der Waals surface area contributed by atoms with Gasteiger partial charge in [-0.1, -0.05) is 17.7 Å². The lowest BCUT2D eigenvalue weighted by atomic mass is 10.2. The second-order valence-corrected chi connectivity index (χ2v) is 8.15. The van der Waals surface area contributed by atoms with Crippen LogP contribution in [0.3, 0.4) is 0 Å². The molecule has 0 unspecified atom stereocenters. The van der Waals surface area contributed by atoms with Crippen LogP contribution in [0.5, 0.6) is 11.5 Å². The van der Waals surface area contributed by atoms with Crippen molar-refractivity contribution in [3.05, 3.63) is 74.8 Å². The fraction of sp³-hybridized carbons (Fsp3) is 0.250. The maximum absolute atomic E-state index is 13.2. The third kappa shape index (κ3) is 4.47. The molecule has 9 nitrogen and oxygen atoms in total. The molecule has 10 heteroatoms. The molecule has 0 aliphatic rings. The van der Waals surface area contributed by atoms with Gasteiger partial charge in [-0.3, -0.25) is 9.59 Å². The van der Waals surface area contributed by atoms with E-state index in [1.54, 1.807) is 50.1 Å². The normalized spacial score (nSPS) is 11.0. The number of aromatic nitrogens is 4. The van der Waals surface area contributed by atoms with E-state index in [0.29, 0.717) is 38.8 Å². The van der Waals surface area contributed by atoms with Crippen LogP contribution in [0.4, 0.5) is 0 Å². The number of rotatable bonds is 7. The summed E-state index contributed by atoms with van der Waals surface area (Å²) in [4.78, 5) is 25.8. The van der Waals surface area contributed by atoms with Gasteiger partial charge in [0.1, 0.15) is 12.1 Å². The van der Waals surface area contributed by atoms with Crippen LogP contribution >= 0.6 is 11.6 Å². The number of ether oxygens (including phenoxy) is 2. The van der Waals surface area contributed by atoms with E-state index in [9.17, 15) is 9.59 Å². The zero-order valence-corrected chi connectivity index (χ0v) is 20.0. The SMILES string of the molecule is COc1ccc(CNC(=O)Cn2nc(C)c3nn(-c4ccc(Cl)cc4)c(C)c3c2=O)cc1OC. The highest BCUT2D eigenvalue weighted by molar-refractivity contribution is 6.30. The van der Waals surface area contributed by atoms with Crippen molar-refractivity contribution in [2.45, 2.75) is 26.9 Å². The average Bonchev–Trinajstić information content (AvgIpc) is 3.19. The number of nitrogens with zero attached hydrogens (tertiary/aromatic N) is 4. The summed E-state index contributed by atoms with van der Waals surface area (Å²) in [5.41, 5.74) is 2.94. The summed E-state index contributed by atoms with van der Waals surface area (Å²) in [6, 6.07) is 12.5. The zero-order chi connectivity index (χ0) is 24.4. The van der Waals surface area contributed by atoms with Gasteiger partial charge in [-0.2, -0.15) is 10.2 Å². The molecule has 0 saturated carbocycles. The molecule has 0 fully saturated rings. The highest BCUT2D eigenvalue weighted by Crippen LogP contribution is 2.27. The molecule has 0 bridgehead atoms. The summed E-state index contributed by atoms with van der Waals surface area (Å²) in [6.07, 6.45) is 0. The van der Waals surface area contributed by atoms with Crippen LogP contribution in [0.25, 0.3) is 16.6 Å². The van der Waals surface area contributed by atoms with Gasteiger partial charge in [0.2, 0.25) is 5.91 Å². The van der Waals surface area contributed by atoms with Crippen molar-refractivity contribution in [1.29, 1.82) is 0 Å². The van der Waals surface area contributed by atoms with E-state index in [2.05, 4.69) is 15.5 Å². The molecule has 4 rings (SSSR count). The first-order valence-electron chi connectivity index (χ1n) is 10.5. The minimum atomic E-state index is -0.375. The lowest BCUT2D eigenvalue weighted by Crippen LogP contribution is -2.34. The molecule has 2 aromatic heterocycles. The molecule has 1 N–H and O–H groups in total. The Bertz CT molecular complexity index is 1430. The number of amides is 1. The highest BCUT2D eigenvalue weighted by atomic mass is 35.5. The monoisotopic (exact) mass is 481 g/mol. The van der Waals surface area contributed by atoms with Crippen molar-refractivity contribution in [3.63, 3.8) is 0 Å². The molecular formula is C24H24ClN5O4. The number of benzene rings is 2. The largest absolute Gasteiger partial charge is 0.493 e. The van der Waals surface area contributed by atoms with Crippen molar-refractivity contribution < 1.29 is 14.3 Å². The number of aryl methyl sites for hydroxylation is 2. The standard InChI is InChI=1S/C24H24ClN5O4/c1-14-23-22(15(2)30(28-23)18-8-6-17(25)7-9-18)24(32)29(27-14)13-21(31)26-12-16-5-10-19(33-3)20(11-16)34-4/h5-11H,12-13H2,1-4H3,(H,26,31). The number of halogens is 1. The number of methoxy groups -OCH3 is 2. The number of fused-ring (bicyclic) bond motifs is 1. The van der Waals surface area contributed by atoms with Gasteiger partial charge in [0.05, 0.1) is 36.7 Å². The van der Waals surface area contributed by atoms with Gasteiger partial charge < -0.3 is 14.8 Å². The first-order valence-corrected chi connectivity index (χ1v) is 10.9. The minimum absolute atomic E-state index is 0.214. The van der Waals surface area contributed by atoms with Gasteiger partial charge in [0.25, 0.3) is 5.56 Å². The van der Waals surface area contributed by atoms with E-state index < -0.39 is 0 Å². The second-order valence-electron chi connectivity index (χ2n) is 7.71. The van der Waals surface area contributed by atoms with Crippen LogP contribution in [-0.4, -0.2) is 39.7 Å². The van der Waals surface area contributed by atoms with E-state index in [1.807, 2.05) is 25.1 Å². The molecular weight excluding hydrogens is 458 g/mol. The van der Waals surface area contributed by atoms with E-state index in [4.69, 9.17) is 21.1 Å². The van der Waals surface area contributed by atoms with Crippen LogP contribution in [0, 0.1) is 13.8 Å². The van der Waals surface area contributed by atoms with Gasteiger partial charge >= 0.3 is 0 Å². The van der Waals surface area contributed by atoms with Gasteiger partial charge in [-0.25, -0.2) is 9.36 Å². The molecule has 1 amide bonds. The van der Waals surface area contributed by atoms with Crippen LogP contribution < -0.4 is 20.3 Å². The first-order chi connectivity index (χ1) is 16.3. The Kier molecular flexibility index (Phi) is 6.56. The van der Waals surface area contributed by atoms with Crippen LogP contribution in [0.1, 0.15) is 17.0 Å². The third-order valence-corrected chi connectivity index (χ3v) is 5.73. The number of hydrogen-bond donors (Lipinski definition) is 1. The van der Waals surface area contributed by atoms with Crippen molar-refractivity contribution in [2.75, 3.05) is 14.2 Å². The molecule has 176 valence electrons. The third-order valence-electron chi connectivity index (χ3n) is 5.48. The van der Waals surface area contributed by atoms with E-state index >= 15 is 0 Å². The Morgan fingerprint density at radius 2 is 1.74 bits per heavy atom. The molecule has 4 aromatic rings. The summed E-state index contributed by atoms with van der Waals surface area (Å²) < 4.78 is 13.4. The maximum Gasteiger partial charge on any atom is 0.278 e. The first kappa shape index (κ1) is 23.3. The summed E-state index contributed by atoms with van der Waals surface area (Å²) in [7, 11) is 3.11. The van der Waals surface area contributed by atoms with Gasteiger partial charge in [-0.15, -0.1) is 0 Å². The van der Waals surface area contributed by atoms with Gasteiger partial charge in [0, 0.05) is 11.6 Å². The van der Waals surface area contributed by atoms with Crippen LogP contribution in [0.15, 0.2) is 47.3 Å². The molecule has 2 heterocycles. The van der Waals surface area contributed by atoms with Crippen molar-refractivity contribution >= 4 is 28.4 Å². The molecule has 0 atom stereocenters. The summed E-state index contributed by atoms with van der Waals surface area (Å²) in [6.45, 7) is 3.63. The number of nitrogens with one attached hydrogen (secondary N) is 1. The smallest absolute Gasteiger partial charge is 0.278 e. The molecule has 0 aliphatic carbocycles. The molecule has 2 aromatic carbocycles. The lowest BCUT2D eigenvalue weighted by molar-refractivity contribution is -0.122. The summed E-state index contributed by atoms with van der Waals surface area (Å²) in [5, 5.41) is 12.7. The fourth-order valence-electron chi connectivity index (χ4n) is 3.74. The minimum Gasteiger partial charge on any atom is -0.493 e. The Morgan fingerprint density at radius 1 is 1.03 bits per heavy atom. The lowest BCUT2D eigenvalue weighted by Gasteiger charge is -2.11. The average molecular weight is 482 g/mol. The van der Waals surface area contributed by atoms with Gasteiger partial charge in [0.15, 0.2) is 11.5 Å². The van der Waals surface area contributed by atoms with E-state index in [0.717, 1.165) is 11.3 Å². The fourth-order valence-corrected chi connectivity index (χ4v) is 3.86. The maximum atomic E-state index is 13.2. The highest BCUT2D eigenvalue weighted by Gasteiger charge is 2.19. The number of carbonyl (C=O) groups is 1. The molecule has 0 saturated heterocycles. The zero-order valence-electron chi connectivity index (χ0n) is 19.3. The second kappa shape index (κ2) is 9.56.